The van der Waals surface area contributed by atoms with Gasteiger partial charge >= 0.3 is 0 Å². The lowest BCUT2D eigenvalue weighted by atomic mass is 10.2. The van der Waals surface area contributed by atoms with Crippen LogP contribution in [0.2, 0.25) is 0 Å². The second-order valence-corrected chi connectivity index (χ2v) is 1.92. The van der Waals surface area contributed by atoms with Crippen molar-refractivity contribution in [1.82, 2.24) is 0 Å². The van der Waals surface area contributed by atoms with E-state index in [-0.39, 0.29) is 6.61 Å². The van der Waals surface area contributed by atoms with Crippen LogP contribution in [-0.4, -0.2) is 22.9 Å². The molecule has 0 aliphatic heterocycles. The van der Waals surface area contributed by atoms with Crippen LogP contribution in [0.1, 0.15) is 19.8 Å². The Morgan fingerprint density at radius 3 is 2.70 bits per heavy atom. The van der Waals surface area contributed by atoms with Crippen molar-refractivity contribution < 1.29 is 15.0 Å². The normalized spacial score (nSPS) is 12.6. The summed E-state index contributed by atoms with van der Waals surface area (Å²) in [5, 5.41) is 17.3. The molecule has 5 heteroatoms. The molecule has 1 N–H and O–H groups in total. The fraction of sp³-hybridized carbons (Fsp3) is 1.00. The minimum Gasteiger partial charge on any atom is -0.394 e. The van der Waals surface area contributed by atoms with Crippen LogP contribution in [-0.2, 0) is 4.84 Å². The zero-order chi connectivity index (χ0) is 7.98. The second-order valence-electron chi connectivity index (χ2n) is 1.92. The van der Waals surface area contributed by atoms with E-state index in [9.17, 15) is 10.1 Å². The van der Waals surface area contributed by atoms with E-state index in [0.29, 0.717) is 6.42 Å². The first-order chi connectivity index (χ1) is 4.70. The Bertz CT molecular complexity index is 106. The molecule has 0 spiro atoms. The SMILES string of the molecule is CCCC(CO)O[N+](=O)[O-]. The van der Waals surface area contributed by atoms with Gasteiger partial charge in [-0.05, 0) is 6.42 Å². The van der Waals surface area contributed by atoms with E-state index >= 15 is 0 Å². The summed E-state index contributed by atoms with van der Waals surface area (Å²) in [6, 6.07) is 0. The average Bonchev–Trinajstić information content (AvgIpc) is 1.86. The Kier molecular flexibility index (Phi) is 4.57. The third-order valence-electron chi connectivity index (χ3n) is 1.05. The predicted molar refractivity (Wildman–Crippen MR) is 33.9 cm³/mol. The van der Waals surface area contributed by atoms with Gasteiger partial charge in [0.05, 0.1) is 6.61 Å². The third-order valence-corrected chi connectivity index (χ3v) is 1.05. The molecule has 0 aromatic rings. The monoisotopic (exact) mass is 149 g/mol. The van der Waals surface area contributed by atoms with Crippen molar-refractivity contribution >= 4 is 0 Å². The summed E-state index contributed by atoms with van der Waals surface area (Å²) in [5.41, 5.74) is 0. The molecule has 0 amide bonds. The molecule has 0 bridgehead atoms. The van der Waals surface area contributed by atoms with Crippen LogP contribution < -0.4 is 0 Å². The lowest BCUT2D eigenvalue weighted by Gasteiger charge is -2.08. The van der Waals surface area contributed by atoms with E-state index in [0.717, 1.165) is 6.42 Å². The first-order valence-corrected chi connectivity index (χ1v) is 3.12. The minimum absolute atomic E-state index is 0.297. The van der Waals surface area contributed by atoms with Crippen LogP contribution in [0.15, 0.2) is 0 Å². The van der Waals surface area contributed by atoms with E-state index in [1.54, 1.807) is 0 Å². The van der Waals surface area contributed by atoms with Gasteiger partial charge in [-0.15, -0.1) is 10.1 Å². The Morgan fingerprint density at radius 1 is 1.80 bits per heavy atom. The number of hydrogen-bond donors (Lipinski definition) is 1. The number of nitrogens with zero attached hydrogens (tertiary/aromatic N) is 1. The van der Waals surface area contributed by atoms with Crippen molar-refractivity contribution in [3.8, 4) is 0 Å². The van der Waals surface area contributed by atoms with Gasteiger partial charge in [0.2, 0.25) is 0 Å². The van der Waals surface area contributed by atoms with Gasteiger partial charge in [-0.3, -0.25) is 0 Å². The first kappa shape index (κ1) is 9.16. The van der Waals surface area contributed by atoms with Gasteiger partial charge in [-0.1, -0.05) is 13.3 Å². The molecule has 1 unspecified atom stereocenters. The highest BCUT2D eigenvalue weighted by Crippen LogP contribution is 2.00. The van der Waals surface area contributed by atoms with Gasteiger partial charge in [-0.2, -0.15) is 0 Å². The zero-order valence-electron chi connectivity index (χ0n) is 5.82. The summed E-state index contributed by atoms with van der Waals surface area (Å²) in [7, 11) is 0. The molecule has 60 valence electrons. The Balaban J connectivity index is 3.49. The average molecular weight is 149 g/mol. The highest BCUT2D eigenvalue weighted by atomic mass is 17.0. The van der Waals surface area contributed by atoms with Crippen molar-refractivity contribution in [2.75, 3.05) is 6.61 Å². The second kappa shape index (κ2) is 4.99. The maximum absolute atomic E-state index is 9.72. The molecule has 0 fully saturated rings. The molecule has 5 nitrogen and oxygen atoms in total. The first-order valence-electron chi connectivity index (χ1n) is 3.12. The number of aliphatic hydroxyl groups excluding tert-OH is 1. The van der Waals surface area contributed by atoms with Gasteiger partial charge in [0, 0.05) is 0 Å². The van der Waals surface area contributed by atoms with Crippen molar-refractivity contribution in [1.29, 1.82) is 0 Å². The van der Waals surface area contributed by atoms with Crippen molar-refractivity contribution in [3.63, 3.8) is 0 Å². The summed E-state index contributed by atoms with van der Waals surface area (Å²) in [4.78, 5) is 13.8. The molecule has 0 aromatic heterocycles. The molecule has 0 rings (SSSR count). The van der Waals surface area contributed by atoms with Crippen LogP contribution >= 0.6 is 0 Å². The fourth-order valence-electron chi connectivity index (χ4n) is 0.621. The Labute approximate surface area is 58.7 Å². The van der Waals surface area contributed by atoms with Crippen molar-refractivity contribution in [2.24, 2.45) is 0 Å². The number of aliphatic hydroxyl groups is 1. The van der Waals surface area contributed by atoms with Crippen LogP contribution in [0.5, 0.6) is 0 Å². The van der Waals surface area contributed by atoms with Gasteiger partial charge < -0.3 is 9.94 Å². The standard InChI is InChI=1S/C5H11NO4/c1-2-3-5(4-7)10-6(8)9/h5,7H,2-4H2,1H3. The molecule has 0 heterocycles. The molecule has 1 atom stereocenters. The molecular weight excluding hydrogens is 138 g/mol. The van der Waals surface area contributed by atoms with Crippen LogP contribution in [0.25, 0.3) is 0 Å². The van der Waals surface area contributed by atoms with Gasteiger partial charge in [-0.25, -0.2) is 0 Å². The number of hydrogen-bond acceptors (Lipinski definition) is 4. The Hall–Kier alpha value is -0.840. The molecule has 0 radical (unpaired) electrons. The maximum atomic E-state index is 9.72. The highest BCUT2D eigenvalue weighted by Gasteiger charge is 2.09. The Morgan fingerprint density at radius 2 is 2.40 bits per heavy atom. The van der Waals surface area contributed by atoms with Crippen LogP contribution in [0.4, 0.5) is 0 Å². The third kappa shape index (κ3) is 4.08. The molecule has 0 saturated heterocycles. The summed E-state index contributed by atoms with van der Waals surface area (Å²) in [5.74, 6) is 0. The van der Waals surface area contributed by atoms with Crippen LogP contribution in [0, 0.1) is 10.1 Å². The smallest absolute Gasteiger partial charge is 0.294 e. The van der Waals surface area contributed by atoms with Gasteiger partial charge in [0.1, 0.15) is 6.10 Å². The topological polar surface area (TPSA) is 72.6 Å². The van der Waals surface area contributed by atoms with E-state index in [1.165, 1.54) is 0 Å². The van der Waals surface area contributed by atoms with E-state index in [1.807, 2.05) is 6.92 Å². The zero-order valence-corrected chi connectivity index (χ0v) is 5.82. The summed E-state index contributed by atoms with van der Waals surface area (Å²) in [6.07, 6.45) is 0.622. The lowest BCUT2D eigenvalue weighted by Crippen LogP contribution is -2.20. The summed E-state index contributed by atoms with van der Waals surface area (Å²) >= 11 is 0. The highest BCUT2D eigenvalue weighted by molar-refractivity contribution is 4.50. The fourth-order valence-corrected chi connectivity index (χ4v) is 0.621. The molecule has 0 aliphatic rings. The quantitative estimate of drug-likeness (QED) is 0.452. The lowest BCUT2D eigenvalue weighted by molar-refractivity contribution is -0.769. The number of rotatable bonds is 5. The van der Waals surface area contributed by atoms with Crippen molar-refractivity contribution in [2.45, 2.75) is 25.9 Å². The van der Waals surface area contributed by atoms with Gasteiger partial charge in [0.25, 0.3) is 5.09 Å². The largest absolute Gasteiger partial charge is 0.394 e. The molecule has 0 aliphatic carbocycles. The minimum atomic E-state index is -0.878. The molecular formula is C5H11NO4. The van der Waals surface area contributed by atoms with Crippen LogP contribution in [0.3, 0.4) is 0 Å². The van der Waals surface area contributed by atoms with Crippen molar-refractivity contribution in [3.05, 3.63) is 10.1 Å². The summed E-state index contributed by atoms with van der Waals surface area (Å²) < 4.78 is 0. The van der Waals surface area contributed by atoms with E-state index in [2.05, 4.69) is 4.84 Å². The van der Waals surface area contributed by atoms with E-state index in [4.69, 9.17) is 5.11 Å². The summed E-state index contributed by atoms with van der Waals surface area (Å²) in [6.45, 7) is 1.57. The van der Waals surface area contributed by atoms with E-state index < -0.39 is 11.2 Å². The maximum Gasteiger partial charge on any atom is 0.294 e. The molecule has 10 heavy (non-hydrogen) atoms. The molecule has 0 aromatic carbocycles. The predicted octanol–water partition coefficient (Wildman–Crippen LogP) is 0.356. The van der Waals surface area contributed by atoms with Gasteiger partial charge in [0.15, 0.2) is 0 Å². The molecule has 0 saturated carbocycles.